The standard InChI is InChI=1S/C23H22FN3O/c1-15-12-21-18(14-26-27(21)20-10-8-19(24)9-11-20)13-22(15)28-23(16(2)25)17-6-4-3-5-7-17/h3-14,16,23H,25H2,1-2H3/t16-,23-/m0/s1. The van der Waals surface area contributed by atoms with Crippen molar-refractivity contribution >= 4 is 10.9 Å². The van der Waals surface area contributed by atoms with E-state index in [0.29, 0.717) is 0 Å². The lowest BCUT2D eigenvalue weighted by atomic mass is 10.0. The van der Waals surface area contributed by atoms with Crippen molar-refractivity contribution in [1.82, 2.24) is 9.78 Å². The molecule has 5 heteroatoms. The Balaban J connectivity index is 1.71. The van der Waals surface area contributed by atoms with Crippen molar-refractivity contribution in [1.29, 1.82) is 0 Å². The number of rotatable bonds is 5. The molecule has 3 aromatic carbocycles. The van der Waals surface area contributed by atoms with E-state index in [1.54, 1.807) is 23.0 Å². The van der Waals surface area contributed by atoms with Crippen molar-refractivity contribution in [2.24, 2.45) is 5.73 Å². The van der Waals surface area contributed by atoms with Gasteiger partial charge in [0.15, 0.2) is 0 Å². The summed E-state index contributed by atoms with van der Waals surface area (Å²) in [6.45, 7) is 3.94. The normalized spacial score (nSPS) is 13.4. The molecule has 0 amide bonds. The summed E-state index contributed by atoms with van der Waals surface area (Å²) in [5.41, 5.74) is 9.97. The van der Waals surface area contributed by atoms with E-state index < -0.39 is 0 Å². The molecule has 2 atom stereocenters. The summed E-state index contributed by atoms with van der Waals surface area (Å²) in [7, 11) is 0. The Morgan fingerprint density at radius 1 is 1.04 bits per heavy atom. The average molecular weight is 375 g/mol. The highest BCUT2D eigenvalue weighted by molar-refractivity contribution is 5.83. The van der Waals surface area contributed by atoms with E-state index in [0.717, 1.165) is 33.5 Å². The lowest BCUT2D eigenvalue weighted by Crippen LogP contribution is -2.29. The third kappa shape index (κ3) is 3.49. The summed E-state index contributed by atoms with van der Waals surface area (Å²) < 4.78 is 21.3. The Labute approximate surface area is 163 Å². The summed E-state index contributed by atoms with van der Waals surface area (Å²) in [6, 6.07) is 20.1. The third-order valence-electron chi connectivity index (χ3n) is 4.80. The van der Waals surface area contributed by atoms with Crippen LogP contribution in [0.15, 0.2) is 72.9 Å². The van der Waals surface area contributed by atoms with Crippen LogP contribution in [0.3, 0.4) is 0 Å². The molecule has 1 aromatic heterocycles. The van der Waals surface area contributed by atoms with Gasteiger partial charge in [0.05, 0.1) is 17.4 Å². The first kappa shape index (κ1) is 18.2. The Hall–Kier alpha value is -3.18. The van der Waals surface area contributed by atoms with Crippen molar-refractivity contribution in [3.8, 4) is 11.4 Å². The zero-order chi connectivity index (χ0) is 19.7. The van der Waals surface area contributed by atoms with Gasteiger partial charge in [-0.3, -0.25) is 0 Å². The molecule has 0 spiro atoms. The fourth-order valence-electron chi connectivity index (χ4n) is 3.33. The molecule has 0 saturated carbocycles. The summed E-state index contributed by atoms with van der Waals surface area (Å²) in [6.07, 6.45) is 1.54. The van der Waals surface area contributed by atoms with Gasteiger partial charge in [0.25, 0.3) is 0 Å². The number of hydrogen-bond acceptors (Lipinski definition) is 3. The van der Waals surface area contributed by atoms with Gasteiger partial charge in [-0.05, 0) is 61.4 Å². The van der Waals surface area contributed by atoms with Crippen LogP contribution in [0.2, 0.25) is 0 Å². The number of aryl methyl sites for hydroxylation is 1. The Morgan fingerprint density at radius 3 is 2.43 bits per heavy atom. The summed E-state index contributed by atoms with van der Waals surface area (Å²) >= 11 is 0. The fourth-order valence-corrected chi connectivity index (χ4v) is 3.33. The number of ether oxygens (including phenoxy) is 1. The summed E-state index contributed by atoms with van der Waals surface area (Å²) in [5, 5.41) is 5.41. The molecule has 0 aliphatic rings. The van der Waals surface area contributed by atoms with Gasteiger partial charge < -0.3 is 10.5 Å². The number of fused-ring (bicyclic) bond motifs is 1. The lowest BCUT2D eigenvalue weighted by Gasteiger charge is -2.24. The highest BCUT2D eigenvalue weighted by Gasteiger charge is 2.20. The van der Waals surface area contributed by atoms with Crippen LogP contribution in [-0.2, 0) is 0 Å². The van der Waals surface area contributed by atoms with Crippen LogP contribution in [0.25, 0.3) is 16.6 Å². The summed E-state index contributed by atoms with van der Waals surface area (Å²) in [4.78, 5) is 0. The zero-order valence-electron chi connectivity index (χ0n) is 15.8. The molecule has 4 aromatic rings. The molecule has 0 radical (unpaired) electrons. The van der Waals surface area contributed by atoms with Crippen molar-refractivity contribution in [2.75, 3.05) is 0 Å². The number of nitrogens with two attached hydrogens (primary N) is 1. The van der Waals surface area contributed by atoms with Crippen LogP contribution in [0.4, 0.5) is 4.39 Å². The lowest BCUT2D eigenvalue weighted by molar-refractivity contribution is 0.179. The van der Waals surface area contributed by atoms with Crippen LogP contribution in [0.1, 0.15) is 24.2 Å². The molecule has 0 bridgehead atoms. The number of hydrogen-bond donors (Lipinski definition) is 1. The fraction of sp³-hybridized carbons (Fsp3) is 0.174. The largest absolute Gasteiger partial charge is 0.484 e. The van der Waals surface area contributed by atoms with Crippen LogP contribution in [0, 0.1) is 12.7 Å². The van der Waals surface area contributed by atoms with Gasteiger partial charge in [-0.1, -0.05) is 30.3 Å². The molecule has 0 fully saturated rings. The van der Waals surface area contributed by atoms with Gasteiger partial charge >= 0.3 is 0 Å². The Bertz CT molecular complexity index is 1090. The maximum absolute atomic E-state index is 13.2. The Kier molecular flexibility index (Phi) is 4.84. The highest BCUT2D eigenvalue weighted by atomic mass is 19.1. The molecule has 142 valence electrons. The van der Waals surface area contributed by atoms with E-state index >= 15 is 0 Å². The molecule has 0 aliphatic carbocycles. The molecule has 4 rings (SSSR count). The average Bonchev–Trinajstić information content (AvgIpc) is 3.09. The van der Waals surface area contributed by atoms with E-state index in [2.05, 4.69) is 5.10 Å². The van der Waals surface area contributed by atoms with Crippen LogP contribution >= 0.6 is 0 Å². The minimum atomic E-state index is -0.269. The molecule has 4 nitrogen and oxygen atoms in total. The SMILES string of the molecule is Cc1cc2c(cnn2-c2ccc(F)cc2)cc1O[C@H](c1ccccc1)[C@H](C)N. The highest BCUT2D eigenvalue weighted by Crippen LogP contribution is 2.31. The van der Waals surface area contributed by atoms with Gasteiger partial charge in [0.2, 0.25) is 0 Å². The first-order valence-electron chi connectivity index (χ1n) is 9.24. The maximum Gasteiger partial charge on any atom is 0.138 e. The van der Waals surface area contributed by atoms with E-state index in [4.69, 9.17) is 10.5 Å². The minimum Gasteiger partial charge on any atom is -0.484 e. The first-order chi connectivity index (χ1) is 13.5. The predicted molar refractivity (Wildman–Crippen MR) is 109 cm³/mol. The molecule has 2 N–H and O–H groups in total. The molecule has 0 unspecified atom stereocenters. The molecule has 0 aliphatic heterocycles. The third-order valence-corrected chi connectivity index (χ3v) is 4.80. The second kappa shape index (κ2) is 7.44. The van der Waals surface area contributed by atoms with Crippen LogP contribution < -0.4 is 10.5 Å². The van der Waals surface area contributed by atoms with Crippen LogP contribution in [0.5, 0.6) is 5.75 Å². The van der Waals surface area contributed by atoms with Crippen molar-refractivity contribution in [3.63, 3.8) is 0 Å². The van der Waals surface area contributed by atoms with Gasteiger partial charge in [0.1, 0.15) is 17.7 Å². The minimum absolute atomic E-state index is 0.167. The second-order valence-electron chi connectivity index (χ2n) is 7.02. The van der Waals surface area contributed by atoms with Gasteiger partial charge in [-0.2, -0.15) is 5.10 Å². The molecular weight excluding hydrogens is 353 g/mol. The van der Waals surface area contributed by atoms with Crippen molar-refractivity contribution < 1.29 is 9.13 Å². The van der Waals surface area contributed by atoms with E-state index in [1.807, 2.05) is 56.3 Å². The number of nitrogens with zero attached hydrogens (tertiary/aromatic N) is 2. The van der Waals surface area contributed by atoms with Crippen molar-refractivity contribution in [2.45, 2.75) is 26.0 Å². The quantitative estimate of drug-likeness (QED) is 0.537. The monoisotopic (exact) mass is 375 g/mol. The van der Waals surface area contributed by atoms with E-state index in [-0.39, 0.29) is 18.0 Å². The van der Waals surface area contributed by atoms with Gasteiger partial charge in [-0.25, -0.2) is 9.07 Å². The van der Waals surface area contributed by atoms with E-state index in [9.17, 15) is 4.39 Å². The molecule has 0 saturated heterocycles. The van der Waals surface area contributed by atoms with Gasteiger partial charge in [0, 0.05) is 11.4 Å². The second-order valence-corrected chi connectivity index (χ2v) is 7.02. The topological polar surface area (TPSA) is 53.1 Å². The molecule has 1 heterocycles. The van der Waals surface area contributed by atoms with E-state index in [1.165, 1.54) is 12.1 Å². The smallest absolute Gasteiger partial charge is 0.138 e. The number of aromatic nitrogens is 2. The Morgan fingerprint density at radius 2 is 1.75 bits per heavy atom. The molecule has 28 heavy (non-hydrogen) atoms. The first-order valence-corrected chi connectivity index (χ1v) is 9.24. The maximum atomic E-state index is 13.2. The summed E-state index contributed by atoms with van der Waals surface area (Å²) in [5.74, 6) is 0.507. The molecular formula is C23H22FN3O. The number of halogens is 1. The number of benzene rings is 3. The van der Waals surface area contributed by atoms with Crippen LogP contribution in [-0.4, -0.2) is 15.8 Å². The predicted octanol–water partition coefficient (Wildman–Crippen LogP) is 4.94. The van der Waals surface area contributed by atoms with Crippen molar-refractivity contribution in [3.05, 3.63) is 89.9 Å². The zero-order valence-corrected chi connectivity index (χ0v) is 15.8. The van der Waals surface area contributed by atoms with Gasteiger partial charge in [-0.15, -0.1) is 0 Å².